The van der Waals surface area contributed by atoms with E-state index in [9.17, 15) is 19.8 Å². The molecule has 1 aromatic carbocycles. The van der Waals surface area contributed by atoms with E-state index in [0.717, 1.165) is 7.11 Å². The molecule has 5 nitrogen and oxygen atoms in total. The number of ether oxygens (including phenoxy) is 1. The third kappa shape index (κ3) is 1.52. The molecule has 0 unspecified atom stereocenters. The monoisotopic (exact) mass is 196 g/mol. The van der Waals surface area contributed by atoms with E-state index in [4.69, 9.17) is 0 Å². The highest BCUT2D eigenvalue weighted by atomic mass is 16.5. The molecule has 0 radical (unpaired) electrons. The van der Waals surface area contributed by atoms with Gasteiger partial charge < -0.3 is 14.9 Å². The van der Waals surface area contributed by atoms with Crippen molar-refractivity contribution in [3.05, 3.63) is 23.3 Å². The van der Waals surface area contributed by atoms with Crippen LogP contribution in [0.25, 0.3) is 0 Å². The fraction of sp³-hybridized carbons (Fsp3) is 0.111. The molecule has 0 aliphatic carbocycles. The summed E-state index contributed by atoms with van der Waals surface area (Å²) >= 11 is 0. The highest BCUT2D eigenvalue weighted by Gasteiger charge is 2.17. The smallest absolute Gasteiger partial charge is 0.341 e. The molecular weight excluding hydrogens is 188 g/mol. The second-order valence-corrected chi connectivity index (χ2v) is 2.51. The Morgan fingerprint density at radius 1 is 1.36 bits per heavy atom. The summed E-state index contributed by atoms with van der Waals surface area (Å²) in [4.78, 5) is 21.3. The average molecular weight is 196 g/mol. The average Bonchev–Trinajstić information content (AvgIpc) is 2.21. The van der Waals surface area contributed by atoms with E-state index in [1.165, 1.54) is 12.1 Å². The lowest BCUT2D eigenvalue weighted by atomic mass is 10.1. The van der Waals surface area contributed by atoms with Crippen LogP contribution in [0.1, 0.15) is 20.7 Å². The van der Waals surface area contributed by atoms with Crippen molar-refractivity contribution in [1.82, 2.24) is 0 Å². The first-order chi connectivity index (χ1) is 6.61. The van der Waals surface area contributed by atoms with Gasteiger partial charge in [-0.3, -0.25) is 4.79 Å². The minimum atomic E-state index is -0.782. The summed E-state index contributed by atoms with van der Waals surface area (Å²) < 4.78 is 4.35. The molecule has 1 rings (SSSR count). The third-order valence-electron chi connectivity index (χ3n) is 1.71. The number of carbonyl (C=O) groups is 2. The van der Waals surface area contributed by atoms with Crippen LogP contribution in [0.4, 0.5) is 0 Å². The van der Waals surface area contributed by atoms with E-state index in [2.05, 4.69) is 4.74 Å². The molecule has 0 bridgehead atoms. The van der Waals surface area contributed by atoms with Crippen LogP contribution in [0.5, 0.6) is 11.5 Å². The Morgan fingerprint density at radius 3 is 2.50 bits per heavy atom. The lowest BCUT2D eigenvalue weighted by Crippen LogP contribution is -2.02. The zero-order valence-electron chi connectivity index (χ0n) is 7.35. The Kier molecular flexibility index (Phi) is 2.71. The number of aldehydes is 1. The van der Waals surface area contributed by atoms with Gasteiger partial charge in [0.2, 0.25) is 0 Å². The van der Waals surface area contributed by atoms with Crippen LogP contribution in [0.15, 0.2) is 12.1 Å². The van der Waals surface area contributed by atoms with Gasteiger partial charge in [-0.25, -0.2) is 4.79 Å². The van der Waals surface area contributed by atoms with Gasteiger partial charge >= 0.3 is 5.97 Å². The molecular formula is C9H8O5. The first-order valence-corrected chi connectivity index (χ1v) is 3.70. The third-order valence-corrected chi connectivity index (χ3v) is 1.71. The van der Waals surface area contributed by atoms with Crippen molar-refractivity contribution in [2.24, 2.45) is 0 Å². The normalized spacial score (nSPS) is 9.50. The van der Waals surface area contributed by atoms with E-state index in [1.54, 1.807) is 0 Å². The zero-order chi connectivity index (χ0) is 10.7. The van der Waals surface area contributed by atoms with Crippen molar-refractivity contribution in [1.29, 1.82) is 0 Å². The van der Waals surface area contributed by atoms with Gasteiger partial charge in [0, 0.05) is 0 Å². The van der Waals surface area contributed by atoms with E-state index < -0.39 is 17.5 Å². The lowest BCUT2D eigenvalue weighted by Gasteiger charge is -2.05. The summed E-state index contributed by atoms with van der Waals surface area (Å²) in [5, 5.41) is 18.5. The number of rotatable bonds is 2. The quantitative estimate of drug-likeness (QED) is 0.413. The Hall–Kier alpha value is -2.04. The predicted molar refractivity (Wildman–Crippen MR) is 46.5 cm³/mol. The van der Waals surface area contributed by atoms with Crippen LogP contribution < -0.4 is 0 Å². The molecule has 14 heavy (non-hydrogen) atoms. The first-order valence-electron chi connectivity index (χ1n) is 3.70. The van der Waals surface area contributed by atoms with Crippen LogP contribution >= 0.6 is 0 Å². The molecule has 74 valence electrons. The molecule has 0 fully saturated rings. The van der Waals surface area contributed by atoms with Crippen LogP contribution in [-0.4, -0.2) is 29.6 Å². The molecule has 0 spiro atoms. The summed E-state index contributed by atoms with van der Waals surface area (Å²) in [5.74, 6) is -2.06. The van der Waals surface area contributed by atoms with Crippen LogP contribution in [-0.2, 0) is 4.74 Å². The summed E-state index contributed by atoms with van der Waals surface area (Å²) in [6, 6.07) is 2.42. The van der Waals surface area contributed by atoms with E-state index >= 15 is 0 Å². The van der Waals surface area contributed by atoms with E-state index in [1.807, 2.05) is 0 Å². The van der Waals surface area contributed by atoms with Crippen LogP contribution in [0.3, 0.4) is 0 Å². The maximum Gasteiger partial charge on any atom is 0.341 e. The molecule has 0 amide bonds. The second kappa shape index (κ2) is 3.78. The number of esters is 1. The van der Waals surface area contributed by atoms with Crippen molar-refractivity contribution in [2.45, 2.75) is 0 Å². The number of carbonyl (C=O) groups excluding carboxylic acids is 2. The Balaban J connectivity index is 3.30. The number of phenolic OH excluding ortho intramolecular Hbond substituents is 2. The molecule has 0 saturated carbocycles. The van der Waals surface area contributed by atoms with Gasteiger partial charge in [0.05, 0.1) is 12.7 Å². The second-order valence-electron chi connectivity index (χ2n) is 2.51. The van der Waals surface area contributed by atoms with Gasteiger partial charge in [-0.1, -0.05) is 0 Å². The number of aromatic hydroxyl groups is 2. The summed E-state index contributed by atoms with van der Waals surface area (Å²) in [6.45, 7) is 0. The van der Waals surface area contributed by atoms with E-state index in [-0.39, 0.29) is 11.1 Å². The Labute approximate surface area is 79.6 Å². The number of hydrogen-bond donors (Lipinski definition) is 2. The number of benzene rings is 1. The fourth-order valence-corrected chi connectivity index (χ4v) is 0.965. The van der Waals surface area contributed by atoms with E-state index in [0.29, 0.717) is 6.29 Å². The molecule has 0 aliphatic heterocycles. The largest absolute Gasteiger partial charge is 0.504 e. The molecule has 2 N–H and O–H groups in total. The highest BCUT2D eigenvalue weighted by Crippen LogP contribution is 2.31. The SMILES string of the molecule is COC(=O)c1ccc(C=O)c(O)c1O. The first kappa shape index (κ1) is 10.0. The number of hydrogen-bond acceptors (Lipinski definition) is 5. The van der Waals surface area contributed by atoms with Crippen molar-refractivity contribution in [3.8, 4) is 11.5 Å². The number of phenols is 2. The summed E-state index contributed by atoms with van der Waals surface area (Å²) in [6.07, 6.45) is 0.371. The van der Waals surface area contributed by atoms with Gasteiger partial charge in [0.25, 0.3) is 0 Å². The number of methoxy groups -OCH3 is 1. The predicted octanol–water partition coefficient (Wildman–Crippen LogP) is 0.697. The lowest BCUT2D eigenvalue weighted by molar-refractivity contribution is 0.0596. The Bertz CT molecular complexity index is 383. The molecule has 0 aromatic heterocycles. The molecule has 0 aliphatic rings. The Morgan fingerprint density at radius 2 is 2.00 bits per heavy atom. The molecule has 0 heterocycles. The van der Waals surface area contributed by atoms with Gasteiger partial charge in [-0.15, -0.1) is 0 Å². The standard InChI is InChI=1S/C9H8O5/c1-14-9(13)6-3-2-5(4-10)7(11)8(6)12/h2-4,11-12H,1H3. The fourth-order valence-electron chi connectivity index (χ4n) is 0.965. The van der Waals surface area contributed by atoms with Crippen molar-refractivity contribution >= 4 is 12.3 Å². The topological polar surface area (TPSA) is 83.8 Å². The molecule has 1 aromatic rings. The highest BCUT2D eigenvalue weighted by molar-refractivity contribution is 5.95. The van der Waals surface area contributed by atoms with Crippen LogP contribution in [0, 0.1) is 0 Å². The summed E-state index contributed by atoms with van der Waals surface area (Å²) in [5.41, 5.74) is -0.272. The zero-order valence-corrected chi connectivity index (χ0v) is 7.35. The minimum absolute atomic E-state index is 0.0878. The summed E-state index contributed by atoms with van der Waals surface area (Å²) in [7, 11) is 1.15. The van der Waals surface area contributed by atoms with Gasteiger partial charge in [-0.05, 0) is 12.1 Å². The van der Waals surface area contributed by atoms with Gasteiger partial charge in [-0.2, -0.15) is 0 Å². The molecule has 0 saturated heterocycles. The molecule has 0 atom stereocenters. The van der Waals surface area contributed by atoms with Gasteiger partial charge in [0.1, 0.15) is 5.56 Å². The van der Waals surface area contributed by atoms with Gasteiger partial charge in [0.15, 0.2) is 17.8 Å². The van der Waals surface area contributed by atoms with Crippen molar-refractivity contribution in [3.63, 3.8) is 0 Å². The maximum absolute atomic E-state index is 11.0. The minimum Gasteiger partial charge on any atom is -0.504 e. The van der Waals surface area contributed by atoms with Crippen molar-refractivity contribution < 1.29 is 24.5 Å². The van der Waals surface area contributed by atoms with Crippen molar-refractivity contribution in [2.75, 3.05) is 7.11 Å². The maximum atomic E-state index is 11.0. The van der Waals surface area contributed by atoms with Crippen LogP contribution in [0.2, 0.25) is 0 Å². The molecule has 5 heteroatoms.